The summed E-state index contributed by atoms with van der Waals surface area (Å²) in [4.78, 5) is 9.72. The van der Waals surface area contributed by atoms with Gasteiger partial charge in [-0.15, -0.1) is 0 Å². The summed E-state index contributed by atoms with van der Waals surface area (Å²) in [7, 11) is -3.59. The van der Waals surface area contributed by atoms with Crippen molar-refractivity contribution in [2.45, 2.75) is 4.90 Å². The van der Waals surface area contributed by atoms with E-state index in [2.05, 4.69) is 0 Å². The van der Waals surface area contributed by atoms with Gasteiger partial charge in [0.1, 0.15) is 10.4 Å². The van der Waals surface area contributed by atoms with Gasteiger partial charge in [-0.25, -0.2) is 18.4 Å². The number of para-hydroxylation sites is 3. The molecule has 2 aromatic heterocycles. The van der Waals surface area contributed by atoms with Crippen molar-refractivity contribution >= 4 is 32.0 Å². The highest BCUT2D eigenvalue weighted by molar-refractivity contribution is 7.91. The van der Waals surface area contributed by atoms with Gasteiger partial charge in [0.05, 0.1) is 16.7 Å². The van der Waals surface area contributed by atoms with Crippen molar-refractivity contribution in [2.75, 3.05) is 6.26 Å². The maximum absolute atomic E-state index is 12.9. The van der Waals surface area contributed by atoms with Crippen LogP contribution < -0.4 is 0 Å². The van der Waals surface area contributed by atoms with Gasteiger partial charge in [0.2, 0.25) is 0 Å². The molecule has 0 N–H and O–H groups in total. The number of fused-ring (bicyclic) bond motifs is 2. The Hall–Kier alpha value is -3.51. The van der Waals surface area contributed by atoms with E-state index in [1.807, 2.05) is 89.5 Å². The van der Waals surface area contributed by atoms with Crippen LogP contribution in [0.25, 0.3) is 39.1 Å². The summed E-state index contributed by atoms with van der Waals surface area (Å²) in [5, 5.41) is 0. The molecule has 0 fully saturated rings. The van der Waals surface area contributed by atoms with Crippen LogP contribution in [0.4, 0.5) is 0 Å². The molecule has 0 aliphatic carbocycles. The van der Waals surface area contributed by atoms with E-state index in [-0.39, 0.29) is 4.90 Å². The molecule has 0 bridgehead atoms. The van der Waals surface area contributed by atoms with E-state index in [1.165, 1.54) is 6.26 Å². The lowest BCUT2D eigenvalue weighted by atomic mass is 10.1. The number of hydrogen-bond donors (Lipinski definition) is 0. The molecule has 0 aliphatic rings. The van der Waals surface area contributed by atoms with Crippen LogP contribution in [-0.4, -0.2) is 29.2 Å². The summed E-state index contributed by atoms with van der Waals surface area (Å²) < 4.78 is 27.8. The first-order valence-electron chi connectivity index (χ1n) is 9.16. The molecule has 0 amide bonds. The van der Waals surface area contributed by atoms with Crippen molar-refractivity contribution in [3.63, 3.8) is 0 Å². The molecule has 3 aromatic carbocycles. The first-order valence-corrected chi connectivity index (χ1v) is 11.1. The fourth-order valence-electron chi connectivity index (χ4n) is 3.65. The Morgan fingerprint density at radius 1 is 0.724 bits per heavy atom. The summed E-state index contributed by atoms with van der Waals surface area (Å²) in [5.74, 6) is 0. The van der Waals surface area contributed by atoms with Crippen LogP contribution in [0, 0.1) is 0 Å². The van der Waals surface area contributed by atoms with Crippen LogP contribution in [0.5, 0.6) is 0 Å². The number of hydrogen-bond acceptors (Lipinski definition) is 4. The third kappa shape index (κ3) is 2.89. The van der Waals surface area contributed by atoms with Gasteiger partial charge in [-0.3, -0.25) is 4.57 Å². The van der Waals surface area contributed by atoms with Crippen molar-refractivity contribution in [1.82, 2.24) is 14.5 Å². The molecule has 5 rings (SSSR count). The molecule has 0 atom stereocenters. The van der Waals surface area contributed by atoms with Gasteiger partial charge in [0, 0.05) is 11.9 Å². The topological polar surface area (TPSA) is 64.8 Å². The van der Waals surface area contributed by atoms with Gasteiger partial charge in [-0.2, -0.15) is 0 Å². The van der Waals surface area contributed by atoms with Crippen LogP contribution in [0.2, 0.25) is 0 Å². The standard InChI is InChI=1S/C23H17N3O2S/c1-29(27,28)22-20-23(25-19-15-9-8-14-18(19)24-20)26(17-12-6-3-7-13-17)21(22)16-10-4-2-5-11-16/h2-15H,1H3. The molecule has 0 aliphatic heterocycles. The van der Waals surface area contributed by atoms with Crippen molar-refractivity contribution in [1.29, 1.82) is 0 Å². The van der Waals surface area contributed by atoms with Crippen molar-refractivity contribution < 1.29 is 8.42 Å². The minimum Gasteiger partial charge on any atom is -0.291 e. The smallest absolute Gasteiger partial charge is 0.179 e. The molecule has 0 saturated heterocycles. The second-order valence-electron chi connectivity index (χ2n) is 6.87. The van der Waals surface area contributed by atoms with Gasteiger partial charge < -0.3 is 0 Å². The molecular formula is C23H17N3O2S. The highest BCUT2D eigenvalue weighted by atomic mass is 32.2. The zero-order valence-corrected chi connectivity index (χ0v) is 16.5. The summed E-state index contributed by atoms with van der Waals surface area (Å²) in [5.41, 5.74) is 4.48. The SMILES string of the molecule is CS(=O)(=O)c1c(-c2ccccc2)n(-c2ccccc2)c2nc3ccccc3nc12. The fourth-order valence-corrected chi connectivity index (χ4v) is 4.70. The van der Waals surface area contributed by atoms with Crippen LogP contribution >= 0.6 is 0 Å². The lowest BCUT2D eigenvalue weighted by Crippen LogP contribution is -2.02. The zero-order chi connectivity index (χ0) is 20.0. The van der Waals surface area contributed by atoms with Gasteiger partial charge in [0.15, 0.2) is 15.5 Å². The van der Waals surface area contributed by atoms with Crippen molar-refractivity contribution in [2.24, 2.45) is 0 Å². The summed E-state index contributed by atoms with van der Waals surface area (Å²) in [6.07, 6.45) is 1.22. The highest BCUT2D eigenvalue weighted by Gasteiger charge is 2.28. The number of aromatic nitrogens is 3. The van der Waals surface area contributed by atoms with E-state index < -0.39 is 9.84 Å². The van der Waals surface area contributed by atoms with Gasteiger partial charge >= 0.3 is 0 Å². The minimum absolute atomic E-state index is 0.195. The van der Waals surface area contributed by atoms with E-state index in [0.717, 1.165) is 11.3 Å². The quantitative estimate of drug-likeness (QED) is 0.443. The average molecular weight is 399 g/mol. The number of rotatable bonds is 3. The Morgan fingerprint density at radius 3 is 1.90 bits per heavy atom. The molecule has 0 unspecified atom stereocenters. The summed E-state index contributed by atoms with van der Waals surface area (Å²) in [6.45, 7) is 0. The molecule has 2 heterocycles. The van der Waals surface area contributed by atoms with Crippen LogP contribution in [0.15, 0.2) is 89.8 Å². The molecule has 0 saturated carbocycles. The third-order valence-electron chi connectivity index (χ3n) is 4.85. The second-order valence-corrected chi connectivity index (χ2v) is 8.82. The van der Waals surface area contributed by atoms with E-state index in [9.17, 15) is 8.42 Å². The molecule has 29 heavy (non-hydrogen) atoms. The molecular weight excluding hydrogens is 382 g/mol. The van der Waals surface area contributed by atoms with E-state index >= 15 is 0 Å². The molecule has 5 nitrogen and oxygen atoms in total. The average Bonchev–Trinajstić information content (AvgIpc) is 3.08. The Bertz CT molecular complexity index is 1460. The van der Waals surface area contributed by atoms with Crippen LogP contribution in [-0.2, 0) is 9.84 Å². The highest BCUT2D eigenvalue weighted by Crippen LogP contribution is 2.38. The number of nitrogens with zero attached hydrogens (tertiary/aromatic N) is 3. The Kier molecular flexibility index (Phi) is 3.96. The van der Waals surface area contributed by atoms with Crippen LogP contribution in [0.1, 0.15) is 0 Å². The predicted octanol–water partition coefficient (Wildman–Crippen LogP) is 4.64. The Labute approximate surface area is 168 Å². The monoisotopic (exact) mass is 399 g/mol. The molecule has 0 spiro atoms. The lowest BCUT2D eigenvalue weighted by Gasteiger charge is -2.11. The first-order chi connectivity index (χ1) is 14.0. The second kappa shape index (κ2) is 6.53. The Balaban J connectivity index is 2.06. The fraction of sp³-hybridized carbons (Fsp3) is 0.0435. The van der Waals surface area contributed by atoms with Crippen LogP contribution in [0.3, 0.4) is 0 Å². The Morgan fingerprint density at radius 2 is 1.28 bits per heavy atom. The number of benzene rings is 3. The number of sulfone groups is 1. The van der Waals surface area contributed by atoms with Crippen molar-refractivity contribution in [3.05, 3.63) is 84.9 Å². The predicted molar refractivity (Wildman–Crippen MR) is 115 cm³/mol. The normalized spacial score (nSPS) is 11.9. The van der Waals surface area contributed by atoms with Gasteiger partial charge in [-0.05, 0) is 29.8 Å². The molecule has 6 heteroatoms. The minimum atomic E-state index is -3.59. The van der Waals surface area contributed by atoms with Crippen molar-refractivity contribution in [3.8, 4) is 16.9 Å². The largest absolute Gasteiger partial charge is 0.291 e. The summed E-state index contributed by atoms with van der Waals surface area (Å²) in [6, 6.07) is 26.6. The van der Waals surface area contributed by atoms with E-state index in [0.29, 0.717) is 27.9 Å². The maximum atomic E-state index is 12.9. The first kappa shape index (κ1) is 17.6. The third-order valence-corrected chi connectivity index (χ3v) is 5.98. The summed E-state index contributed by atoms with van der Waals surface area (Å²) >= 11 is 0. The molecule has 0 radical (unpaired) electrons. The van der Waals surface area contributed by atoms with E-state index in [4.69, 9.17) is 9.97 Å². The zero-order valence-electron chi connectivity index (χ0n) is 15.6. The van der Waals surface area contributed by atoms with Gasteiger partial charge in [-0.1, -0.05) is 60.7 Å². The molecule has 5 aromatic rings. The van der Waals surface area contributed by atoms with Gasteiger partial charge in [0.25, 0.3) is 0 Å². The maximum Gasteiger partial charge on any atom is 0.179 e. The van der Waals surface area contributed by atoms with E-state index in [1.54, 1.807) is 0 Å². The lowest BCUT2D eigenvalue weighted by molar-refractivity contribution is 0.602. The molecule has 142 valence electrons.